The molecule has 6 heteroatoms. The van der Waals surface area contributed by atoms with Crippen LogP contribution in [0.1, 0.15) is 52.0 Å². The number of amides is 3. The standard InChI is InChI=1S/C29H28N2O4/c32-27(19-31-28(33)23-14-6-7-15-24(23)29(31)34)30(18-21-10-4-5-11-21)25-16-8-9-17-26(25)35-20-22-12-2-1-3-13-22/h1-3,6-9,12-17,21H,4-5,10-11,18-20H2. The van der Waals surface area contributed by atoms with E-state index in [1.165, 1.54) is 0 Å². The van der Waals surface area contributed by atoms with Gasteiger partial charge in [-0.05, 0) is 48.6 Å². The van der Waals surface area contributed by atoms with Gasteiger partial charge in [-0.2, -0.15) is 0 Å². The summed E-state index contributed by atoms with van der Waals surface area (Å²) in [5.41, 5.74) is 2.39. The van der Waals surface area contributed by atoms with Crippen LogP contribution in [0.5, 0.6) is 5.75 Å². The van der Waals surface area contributed by atoms with Gasteiger partial charge >= 0.3 is 0 Å². The minimum Gasteiger partial charge on any atom is -0.487 e. The van der Waals surface area contributed by atoms with Crippen molar-refractivity contribution in [3.05, 3.63) is 95.6 Å². The van der Waals surface area contributed by atoms with Crippen LogP contribution in [0.25, 0.3) is 0 Å². The monoisotopic (exact) mass is 468 g/mol. The van der Waals surface area contributed by atoms with Crippen LogP contribution in [0.15, 0.2) is 78.9 Å². The number of anilines is 1. The van der Waals surface area contributed by atoms with Crippen molar-refractivity contribution in [2.45, 2.75) is 32.3 Å². The number of fused-ring (bicyclic) bond motifs is 1. The van der Waals surface area contributed by atoms with Gasteiger partial charge < -0.3 is 9.64 Å². The lowest BCUT2D eigenvalue weighted by Crippen LogP contribution is -2.44. The summed E-state index contributed by atoms with van der Waals surface area (Å²) in [6, 6.07) is 24.1. The van der Waals surface area contributed by atoms with Crippen LogP contribution in [-0.4, -0.2) is 35.7 Å². The van der Waals surface area contributed by atoms with E-state index in [9.17, 15) is 14.4 Å². The Morgan fingerprint density at radius 2 is 1.43 bits per heavy atom. The molecule has 35 heavy (non-hydrogen) atoms. The number of imide groups is 1. The average molecular weight is 469 g/mol. The van der Waals surface area contributed by atoms with Crippen molar-refractivity contribution < 1.29 is 19.1 Å². The quantitative estimate of drug-likeness (QED) is 0.432. The fourth-order valence-corrected chi connectivity index (χ4v) is 4.93. The van der Waals surface area contributed by atoms with Gasteiger partial charge in [0.2, 0.25) is 5.91 Å². The number of hydrogen-bond acceptors (Lipinski definition) is 4. The van der Waals surface area contributed by atoms with Gasteiger partial charge in [-0.3, -0.25) is 19.3 Å². The van der Waals surface area contributed by atoms with E-state index < -0.39 is 11.8 Å². The summed E-state index contributed by atoms with van der Waals surface area (Å²) in [5, 5.41) is 0. The van der Waals surface area contributed by atoms with Crippen LogP contribution in [0.2, 0.25) is 0 Å². The first kappa shape index (κ1) is 22.8. The Balaban J connectivity index is 1.40. The van der Waals surface area contributed by atoms with E-state index >= 15 is 0 Å². The normalized spacial score (nSPS) is 15.4. The van der Waals surface area contributed by atoms with E-state index in [0.717, 1.165) is 36.1 Å². The van der Waals surface area contributed by atoms with E-state index in [2.05, 4.69) is 0 Å². The number of carbonyl (C=O) groups excluding carboxylic acids is 3. The summed E-state index contributed by atoms with van der Waals surface area (Å²) in [5.74, 6) is -0.155. The Kier molecular flexibility index (Phi) is 6.62. The molecule has 0 unspecified atom stereocenters. The molecule has 1 fully saturated rings. The maximum atomic E-state index is 13.7. The molecule has 6 nitrogen and oxygen atoms in total. The van der Waals surface area contributed by atoms with Crippen LogP contribution >= 0.6 is 0 Å². The third-order valence-electron chi connectivity index (χ3n) is 6.78. The molecular formula is C29H28N2O4. The Morgan fingerprint density at radius 3 is 2.11 bits per heavy atom. The van der Waals surface area contributed by atoms with Crippen LogP contribution in [-0.2, 0) is 11.4 Å². The summed E-state index contributed by atoms with van der Waals surface area (Å²) in [6.07, 6.45) is 4.42. The summed E-state index contributed by atoms with van der Waals surface area (Å²) in [6.45, 7) is 0.613. The number of nitrogens with zero attached hydrogens (tertiary/aromatic N) is 2. The lowest BCUT2D eigenvalue weighted by Gasteiger charge is -2.29. The molecule has 1 heterocycles. The molecule has 2 aliphatic rings. The SMILES string of the molecule is O=C1c2ccccc2C(=O)N1CC(=O)N(CC1CCCC1)c1ccccc1OCc1ccccc1. The second-order valence-corrected chi connectivity index (χ2v) is 9.14. The fraction of sp³-hybridized carbons (Fsp3) is 0.276. The predicted molar refractivity (Wildman–Crippen MR) is 133 cm³/mol. The lowest BCUT2D eigenvalue weighted by atomic mass is 10.1. The Bertz CT molecular complexity index is 1200. The Hall–Kier alpha value is -3.93. The van der Waals surface area contributed by atoms with Gasteiger partial charge in [0.1, 0.15) is 18.9 Å². The molecule has 3 amide bonds. The van der Waals surface area contributed by atoms with Gasteiger partial charge in [0.15, 0.2) is 0 Å². The second kappa shape index (κ2) is 10.1. The molecule has 1 aliphatic heterocycles. The number of rotatable bonds is 8. The third kappa shape index (κ3) is 4.83. The molecule has 0 aromatic heterocycles. The highest BCUT2D eigenvalue weighted by Crippen LogP contribution is 2.33. The number of hydrogen-bond donors (Lipinski definition) is 0. The van der Waals surface area contributed by atoms with Crippen LogP contribution in [0.4, 0.5) is 5.69 Å². The van der Waals surface area contributed by atoms with Gasteiger partial charge in [-0.25, -0.2) is 0 Å². The largest absolute Gasteiger partial charge is 0.487 e. The lowest BCUT2D eigenvalue weighted by molar-refractivity contribution is -0.119. The summed E-state index contributed by atoms with van der Waals surface area (Å²) < 4.78 is 6.14. The fourth-order valence-electron chi connectivity index (χ4n) is 4.93. The van der Waals surface area contributed by atoms with E-state index in [1.807, 2.05) is 54.6 Å². The molecule has 0 N–H and O–H groups in total. The average Bonchev–Trinajstić information content (AvgIpc) is 3.50. The summed E-state index contributed by atoms with van der Waals surface area (Å²) in [7, 11) is 0. The zero-order chi connectivity index (χ0) is 24.2. The molecule has 178 valence electrons. The number of para-hydroxylation sites is 2. The third-order valence-corrected chi connectivity index (χ3v) is 6.78. The number of carbonyl (C=O) groups is 3. The molecule has 0 spiro atoms. The molecule has 1 aliphatic carbocycles. The highest BCUT2D eigenvalue weighted by atomic mass is 16.5. The van der Waals surface area contributed by atoms with Crippen molar-refractivity contribution in [3.63, 3.8) is 0 Å². The van der Waals surface area contributed by atoms with Gasteiger partial charge in [0.05, 0.1) is 16.8 Å². The smallest absolute Gasteiger partial charge is 0.262 e. The van der Waals surface area contributed by atoms with Crippen molar-refractivity contribution in [2.24, 2.45) is 5.92 Å². The maximum Gasteiger partial charge on any atom is 0.262 e. The second-order valence-electron chi connectivity index (χ2n) is 9.14. The first-order valence-electron chi connectivity index (χ1n) is 12.1. The van der Waals surface area contributed by atoms with E-state index in [-0.39, 0.29) is 12.5 Å². The molecule has 1 saturated carbocycles. The van der Waals surface area contributed by atoms with Crippen LogP contribution < -0.4 is 9.64 Å². The Labute approximate surface area is 205 Å². The molecule has 5 rings (SSSR count). The summed E-state index contributed by atoms with van der Waals surface area (Å²) >= 11 is 0. The number of ether oxygens (including phenoxy) is 1. The van der Waals surface area contributed by atoms with Gasteiger partial charge in [0.25, 0.3) is 11.8 Å². The van der Waals surface area contributed by atoms with Crippen molar-refractivity contribution in [1.29, 1.82) is 0 Å². The van der Waals surface area contributed by atoms with Gasteiger partial charge in [0, 0.05) is 6.54 Å². The minimum absolute atomic E-state index is 0.290. The van der Waals surface area contributed by atoms with Crippen molar-refractivity contribution in [2.75, 3.05) is 18.0 Å². The highest BCUT2D eigenvalue weighted by Gasteiger charge is 2.38. The molecule has 0 atom stereocenters. The molecule has 0 saturated heterocycles. The maximum absolute atomic E-state index is 13.7. The molecular weight excluding hydrogens is 440 g/mol. The number of benzene rings is 3. The molecule has 0 bridgehead atoms. The first-order chi connectivity index (χ1) is 17.1. The van der Waals surface area contributed by atoms with Crippen molar-refractivity contribution >= 4 is 23.4 Å². The summed E-state index contributed by atoms with van der Waals surface area (Å²) in [4.78, 5) is 42.2. The van der Waals surface area contributed by atoms with Gasteiger partial charge in [-0.15, -0.1) is 0 Å². The molecule has 3 aromatic rings. The van der Waals surface area contributed by atoms with Gasteiger partial charge in [-0.1, -0.05) is 67.4 Å². The predicted octanol–water partition coefficient (Wildman–Crippen LogP) is 5.09. The van der Waals surface area contributed by atoms with E-state index in [1.54, 1.807) is 29.2 Å². The first-order valence-corrected chi connectivity index (χ1v) is 12.1. The zero-order valence-corrected chi connectivity index (χ0v) is 19.6. The topological polar surface area (TPSA) is 66.9 Å². The van der Waals surface area contributed by atoms with Crippen LogP contribution in [0, 0.1) is 5.92 Å². The van der Waals surface area contributed by atoms with Crippen molar-refractivity contribution in [3.8, 4) is 5.75 Å². The zero-order valence-electron chi connectivity index (χ0n) is 19.6. The van der Waals surface area contributed by atoms with Crippen molar-refractivity contribution in [1.82, 2.24) is 4.90 Å². The minimum atomic E-state index is -0.423. The van der Waals surface area contributed by atoms with E-state index in [0.29, 0.717) is 41.6 Å². The molecule has 3 aromatic carbocycles. The highest BCUT2D eigenvalue weighted by molar-refractivity contribution is 6.22. The van der Waals surface area contributed by atoms with Crippen LogP contribution in [0.3, 0.4) is 0 Å². The molecule has 0 radical (unpaired) electrons. The Morgan fingerprint density at radius 1 is 0.829 bits per heavy atom. The van der Waals surface area contributed by atoms with E-state index in [4.69, 9.17) is 4.74 Å².